The molecule has 1 saturated carbocycles. The number of anilines is 1. The van der Waals surface area contributed by atoms with Crippen LogP contribution in [0.4, 0.5) is 15.3 Å². The minimum atomic E-state index is -1.42. The molecule has 8 nitrogen and oxygen atoms in total. The molecule has 2 aliphatic rings. The van der Waals surface area contributed by atoms with Gasteiger partial charge in [0.25, 0.3) is 0 Å². The number of hydrogen-bond acceptors (Lipinski definition) is 4. The van der Waals surface area contributed by atoms with E-state index < -0.39 is 18.1 Å². The predicted molar refractivity (Wildman–Crippen MR) is 104 cm³/mol. The van der Waals surface area contributed by atoms with Gasteiger partial charge in [0.05, 0.1) is 23.0 Å². The van der Waals surface area contributed by atoms with Gasteiger partial charge in [0.15, 0.2) is 0 Å². The molecule has 8 heteroatoms. The van der Waals surface area contributed by atoms with Crippen molar-refractivity contribution in [2.75, 3.05) is 4.90 Å². The minimum Gasteiger partial charge on any atom is -0.478 e. The Hall–Kier alpha value is -2.90. The van der Waals surface area contributed by atoms with Crippen LogP contribution in [0.2, 0.25) is 0 Å². The van der Waals surface area contributed by atoms with E-state index in [0.717, 1.165) is 32.1 Å². The van der Waals surface area contributed by atoms with Gasteiger partial charge in [0.1, 0.15) is 0 Å². The first-order valence-electron chi connectivity index (χ1n) is 9.55. The van der Waals surface area contributed by atoms with Crippen LogP contribution in [0.1, 0.15) is 67.4 Å². The highest BCUT2D eigenvalue weighted by Crippen LogP contribution is 2.36. The molecule has 2 N–H and O–H groups in total. The number of fused-ring (bicyclic) bond motifs is 1. The fourth-order valence-corrected chi connectivity index (χ4v) is 3.93. The molecule has 3 rings (SSSR count). The van der Waals surface area contributed by atoms with Crippen LogP contribution in [0.25, 0.3) is 0 Å². The summed E-state index contributed by atoms with van der Waals surface area (Å²) in [5.41, 5.74) is 1.66. The summed E-state index contributed by atoms with van der Waals surface area (Å²) < 4.78 is 0. The molecule has 0 radical (unpaired) electrons. The highest BCUT2D eigenvalue weighted by atomic mass is 16.4. The summed E-state index contributed by atoms with van der Waals surface area (Å²) in [7, 11) is 0. The summed E-state index contributed by atoms with van der Waals surface area (Å²) in [5, 5.41) is 25.1. The molecule has 3 amide bonds. The summed E-state index contributed by atoms with van der Waals surface area (Å²) in [6.07, 6.45) is 3.51. The SMILES string of the molecule is Cc1cc2c(cc1C(=O)O)C(C1CCCCC1)=NN(C(C)C)C(=O)N2C(=O)O. The van der Waals surface area contributed by atoms with Gasteiger partial charge in [-0.05, 0) is 51.3 Å². The molecule has 150 valence electrons. The van der Waals surface area contributed by atoms with Crippen molar-refractivity contribution in [3.05, 3.63) is 28.8 Å². The average molecular weight is 387 g/mol. The summed E-state index contributed by atoms with van der Waals surface area (Å²) >= 11 is 0. The maximum atomic E-state index is 13.0. The largest absolute Gasteiger partial charge is 0.478 e. The van der Waals surface area contributed by atoms with E-state index in [0.29, 0.717) is 21.7 Å². The van der Waals surface area contributed by atoms with Crippen molar-refractivity contribution in [1.29, 1.82) is 0 Å². The van der Waals surface area contributed by atoms with Crippen LogP contribution in [0.5, 0.6) is 0 Å². The number of imide groups is 1. The number of carboxylic acids is 1. The molecule has 0 bridgehead atoms. The maximum Gasteiger partial charge on any atom is 0.420 e. The first-order valence-corrected chi connectivity index (χ1v) is 9.55. The molecule has 1 aromatic carbocycles. The zero-order chi connectivity index (χ0) is 20.6. The highest BCUT2D eigenvalue weighted by Gasteiger charge is 2.38. The number of urea groups is 1. The number of aromatic carboxylic acids is 1. The minimum absolute atomic E-state index is 0.0552. The summed E-state index contributed by atoms with van der Waals surface area (Å²) in [5.74, 6) is -1.04. The van der Waals surface area contributed by atoms with Gasteiger partial charge >= 0.3 is 18.1 Å². The van der Waals surface area contributed by atoms with Crippen LogP contribution in [0.3, 0.4) is 0 Å². The first-order chi connectivity index (χ1) is 13.2. The molecule has 1 heterocycles. The number of rotatable bonds is 3. The van der Waals surface area contributed by atoms with E-state index in [2.05, 4.69) is 5.10 Å². The van der Waals surface area contributed by atoms with Crippen LogP contribution in [0, 0.1) is 12.8 Å². The predicted octanol–water partition coefficient (Wildman–Crippen LogP) is 4.31. The lowest BCUT2D eigenvalue weighted by molar-refractivity contribution is 0.0696. The van der Waals surface area contributed by atoms with Gasteiger partial charge in [-0.2, -0.15) is 10.0 Å². The van der Waals surface area contributed by atoms with Crippen molar-refractivity contribution in [3.8, 4) is 0 Å². The molecule has 0 aromatic heterocycles. The summed E-state index contributed by atoms with van der Waals surface area (Å²) in [4.78, 5) is 37.3. The van der Waals surface area contributed by atoms with Gasteiger partial charge in [-0.15, -0.1) is 0 Å². The molecular formula is C20H25N3O5. The van der Waals surface area contributed by atoms with Crippen LogP contribution in [-0.4, -0.2) is 45.1 Å². The Balaban J connectivity index is 2.29. The molecule has 1 aromatic rings. The second-order valence-corrected chi connectivity index (χ2v) is 7.65. The molecule has 0 saturated heterocycles. The quantitative estimate of drug-likeness (QED) is 0.803. The maximum absolute atomic E-state index is 13.0. The molecule has 28 heavy (non-hydrogen) atoms. The molecule has 0 spiro atoms. The first kappa shape index (κ1) is 19.9. The number of carbonyl (C=O) groups is 3. The van der Waals surface area contributed by atoms with Crippen molar-refractivity contribution in [1.82, 2.24) is 5.01 Å². The molecule has 0 atom stereocenters. The Bertz CT molecular complexity index is 856. The fourth-order valence-electron chi connectivity index (χ4n) is 3.93. The number of hydrogen-bond donors (Lipinski definition) is 2. The van der Waals surface area contributed by atoms with Crippen LogP contribution >= 0.6 is 0 Å². The van der Waals surface area contributed by atoms with E-state index in [9.17, 15) is 24.6 Å². The fraction of sp³-hybridized carbons (Fsp3) is 0.500. The van der Waals surface area contributed by atoms with E-state index in [1.165, 1.54) is 17.1 Å². The number of benzene rings is 1. The number of carboxylic acid groups (broad SMARTS) is 2. The Labute approximate surface area is 163 Å². The van der Waals surface area contributed by atoms with Crippen LogP contribution < -0.4 is 4.90 Å². The normalized spacial score (nSPS) is 18.0. The van der Waals surface area contributed by atoms with Gasteiger partial charge in [-0.3, -0.25) is 0 Å². The molecule has 1 aliphatic carbocycles. The number of nitrogens with zero attached hydrogens (tertiary/aromatic N) is 3. The second-order valence-electron chi connectivity index (χ2n) is 7.65. The van der Waals surface area contributed by atoms with Gasteiger partial charge in [-0.25, -0.2) is 19.4 Å². The smallest absolute Gasteiger partial charge is 0.420 e. The lowest BCUT2D eigenvalue weighted by Gasteiger charge is -2.26. The Kier molecular flexibility index (Phi) is 5.40. The lowest BCUT2D eigenvalue weighted by atomic mass is 9.82. The zero-order valence-electron chi connectivity index (χ0n) is 16.3. The van der Waals surface area contributed by atoms with Gasteiger partial charge in [0, 0.05) is 11.5 Å². The van der Waals surface area contributed by atoms with E-state index in [1.807, 2.05) is 0 Å². The van der Waals surface area contributed by atoms with Crippen molar-refractivity contribution in [3.63, 3.8) is 0 Å². The Morgan fingerprint density at radius 2 is 1.79 bits per heavy atom. The van der Waals surface area contributed by atoms with E-state index in [-0.39, 0.29) is 23.2 Å². The topological polar surface area (TPSA) is 111 Å². The zero-order valence-corrected chi connectivity index (χ0v) is 16.3. The molecule has 1 fully saturated rings. The van der Waals surface area contributed by atoms with Crippen molar-refractivity contribution in [2.45, 2.75) is 58.9 Å². The monoisotopic (exact) mass is 387 g/mol. The standard InChI is InChI=1S/C20H25N3O5/c1-11(2)23-19(26)22(20(27)28)16-9-12(3)14(18(24)25)10-15(16)17(21-23)13-7-5-4-6-8-13/h9-11,13H,4-8H2,1-3H3,(H,24,25)(H,27,28). The van der Waals surface area contributed by atoms with Crippen LogP contribution in [0.15, 0.2) is 17.2 Å². The Morgan fingerprint density at radius 3 is 2.32 bits per heavy atom. The third-order valence-corrected chi connectivity index (χ3v) is 5.36. The average Bonchev–Trinajstić information content (AvgIpc) is 2.75. The number of amides is 3. The van der Waals surface area contributed by atoms with Crippen LogP contribution in [-0.2, 0) is 0 Å². The second kappa shape index (κ2) is 7.61. The van der Waals surface area contributed by atoms with E-state index in [1.54, 1.807) is 20.8 Å². The summed E-state index contributed by atoms with van der Waals surface area (Å²) in [6.45, 7) is 5.13. The van der Waals surface area contributed by atoms with Crippen molar-refractivity contribution < 1.29 is 24.6 Å². The number of carbonyl (C=O) groups excluding carboxylic acids is 1. The van der Waals surface area contributed by atoms with E-state index >= 15 is 0 Å². The Morgan fingerprint density at radius 1 is 1.14 bits per heavy atom. The number of hydrazone groups is 1. The van der Waals surface area contributed by atoms with Gasteiger partial charge in [0.2, 0.25) is 0 Å². The highest BCUT2D eigenvalue weighted by molar-refractivity contribution is 6.19. The third kappa shape index (κ3) is 3.46. The number of aryl methyl sites for hydroxylation is 1. The third-order valence-electron chi connectivity index (χ3n) is 5.36. The summed E-state index contributed by atoms with van der Waals surface area (Å²) in [6, 6.07) is 1.83. The molecular weight excluding hydrogens is 362 g/mol. The lowest BCUT2D eigenvalue weighted by Crippen LogP contribution is -2.45. The molecule has 1 aliphatic heterocycles. The van der Waals surface area contributed by atoms with Crippen molar-refractivity contribution >= 4 is 29.5 Å². The van der Waals surface area contributed by atoms with Crippen molar-refractivity contribution in [2.24, 2.45) is 11.0 Å². The van der Waals surface area contributed by atoms with Gasteiger partial charge in [-0.1, -0.05) is 19.3 Å². The van der Waals surface area contributed by atoms with E-state index in [4.69, 9.17) is 0 Å². The van der Waals surface area contributed by atoms with Gasteiger partial charge < -0.3 is 10.2 Å². The molecule has 0 unspecified atom stereocenters.